The molecule has 0 N–H and O–H groups in total. The molecule has 5 rings (SSSR count). The van der Waals surface area contributed by atoms with E-state index in [-0.39, 0.29) is 0 Å². The van der Waals surface area contributed by atoms with Crippen molar-refractivity contribution in [3.8, 4) is 50.7 Å². The zero-order chi connectivity index (χ0) is 21.8. The zero-order valence-corrected chi connectivity index (χ0v) is 17.9. The third-order valence-electron chi connectivity index (χ3n) is 5.54. The van der Waals surface area contributed by atoms with E-state index in [1.165, 1.54) is 0 Å². The maximum absolute atomic E-state index is 6.63. The molecule has 0 aliphatic heterocycles. The quantitative estimate of drug-likeness (QED) is 0.269. The number of hydrogen-bond acceptors (Lipinski definition) is 1. The Morgan fingerprint density at radius 1 is 0.531 bits per heavy atom. The fourth-order valence-corrected chi connectivity index (χ4v) is 3.94. The molecule has 0 radical (unpaired) electrons. The Morgan fingerprint density at radius 2 is 1.06 bits per heavy atom. The Balaban J connectivity index is 1.85. The average Bonchev–Trinajstić information content (AvgIpc) is 2.89. The molecule has 0 aliphatic carbocycles. The zero-order valence-electron chi connectivity index (χ0n) is 17.9. The van der Waals surface area contributed by atoms with Gasteiger partial charge in [0.25, 0.3) is 0 Å². The van der Waals surface area contributed by atoms with E-state index in [2.05, 4.69) is 66.7 Å². The minimum absolute atomic E-state index is 0.817. The minimum Gasteiger partial charge on any atom is -0.497 e. The van der Waals surface area contributed by atoms with E-state index >= 15 is 0 Å². The highest BCUT2D eigenvalue weighted by Gasteiger charge is 2.28. The summed E-state index contributed by atoms with van der Waals surface area (Å²) in [5.74, 6) is 2.48. The van der Waals surface area contributed by atoms with Crippen molar-refractivity contribution in [3.05, 3.63) is 121 Å². The highest BCUT2D eigenvalue weighted by molar-refractivity contribution is 5.93. The van der Waals surface area contributed by atoms with E-state index in [1.54, 1.807) is 7.11 Å². The van der Waals surface area contributed by atoms with Crippen LogP contribution in [0.25, 0.3) is 44.9 Å². The summed E-state index contributed by atoms with van der Waals surface area (Å²) in [6.45, 7) is 0. The third kappa shape index (κ3) is 3.91. The highest BCUT2D eigenvalue weighted by atomic mass is 16.5. The van der Waals surface area contributed by atoms with Crippen LogP contribution in [0, 0.1) is 0 Å². The maximum Gasteiger partial charge on any atom is 0.369 e. The van der Waals surface area contributed by atoms with Crippen molar-refractivity contribution in [2.24, 2.45) is 0 Å². The fraction of sp³-hybridized carbons (Fsp3) is 0.0333. The van der Waals surface area contributed by atoms with Gasteiger partial charge in [0.15, 0.2) is 0 Å². The van der Waals surface area contributed by atoms with Crippen molar-refractivity contribution in [1.29, 1.82) is 0 Å². The molecule has 154 valence electrons. The molecule has 2 heteroatoms. The second-order valence-corrected chi connectivity index (χ2v) is 7.56. The van der Waals surface area contributed by atoms with Gasteiger partial charge in [0, 0.05) is 5.56 Å². The summed E-state index contributed by atoms with van der Waals surface area (Å²) in [7, 11) is 1.68. The van der Waals surface area contributed by atoms with Crippen LogP contribution in [0.5, 0.6) is 5.75 Å². The first-order valence-electron chi connectivity index (χ1n) is 10.7. The molecule has 0 unspecified atom stereocenters. The van der Waals surface area contributed by atoms with Crippen molar-refractivity contribution >= 4 is 0 Å². The number of methoxy groups -OCH3 is 1. The number of rotatable bonds is 5. The van der Waals surface area contributed by atoms with Gasteiger partial charge in [-0.2, -0.15) is 0 Å². The Labute approximate surface area is 188 Å². The molecule has 0 atom stereocenters. The predicted molar refractivity (Wildman–Crippen MR) is 131 cm³/mol. The molecule has 0 bridgehead atoms. The Kier molecular flexibility index (Phi) is 5.50. The first-order chi connectivity index (χ1) is 15.8. The van der Waals surface area contributed by atoms with Crippen molar-refractivity contribution in [1.82, 2.24) is 0 Å². The van der Waals surface area contributed by atoms with Crippen LogP contribution >= 0.6 is 0 Å². The summed E-state index contributed by atoms with van der Waals surface area (Å²) in [5.41, 5.74) is 6.50. The van der Waals surface area contributed by atoms with Gasteiger partial charge in [-0.25, -0.2) is 4.42 Å². The van der Waals surface area contributed by atoms with Crippen LogP contribution in [-0.4, -0.2) is 7.11 Å². The molecule has 1 heterocycles. The van der Waals surface area contributed by atoms with E-state index in [0.717, 1.165) is 50.7 Å². The topological polar surface area (TPSA) is 20.5 Å². The van der Waals surface area contributed by atoms with Gasteiger partial charge in [0.2, 0.25) is 0 Å². The van der Waals surface area contributed by atoms with Gasteiger partial charge >= 0.3 is 11.5 Å². The lowest BCUT2D eigenvalue weighted by molar-refractivity contribution is 0.415. The molecule has 0 saturated heterocycles. The van der Waals surface area contributed by atoms with Gasteiger partial charge in [-0.15, -0.1) is 0 Å². The summed E-state index contributed by atoms with van der Waals surface area (Å²) < 4.78 is 12.0. The molecule has 0 amide bonds. The Hall–Kier alpha value is -4.17. The van der Waals surface area contributed by atoms with Gasteiger partial charge in [0.1, 0.15) is 5.75 Å². The molecule has 0 aliphatic rings. The molecular weight excluding hydrogens is 392 g/mol. The molecule has 5 aromatic rings. The molecule has 1 aromatic heterocycles. The van der Waals surface area contributed by atoms with Gasteiger partial charge in [-0.3, -0.25) is 0 Å². The summed E-state index contributed by atoms with van der Waals surface area (Å²) in [6, 6.07) is 41.3. The van der Waals surface area contributed by atoms with Crippen molar-refractivity contribution < 1.29 is 9.15 Å². The smallest absolute Gasteiger partial charge is 0.369 e. The summed E-state index contributed by atoms with van der Waals surface area (Å²) in [5, 5.41) is 0. The van der Waals surface area contributed by atoms with Crippen LogP contribution in [-0.2, 0) is 0 Å². The van der Waals surface area contributed by atoms with E-state index in [0.29, 0.717) is 0 Å². The van der Waals surface area contributed by atoms with Gasteiger partial charge in [0.05, 0.1) is 29.9 Å². The average molecular weight is 416 g/mol. The summed E-state index contributed by atoms with van der Waals surface area (Å²) in [4.78, 5) is 0. The molecule has 32 heavy (non-hydrogen) atoms. The van der Waals surface area contributed by atoms with Crippen LogP contribution in [0.2, 0.25) is 0 Å². The lowest BCUT2D eigenvalue weighted by Crippen LogP contribution is -1.93. The van der Waals surface area contributed by atoms with E-state index in [1.807, 2.05) is 54.6 Å². The minimum atomic E-state index is 0.817. The van der Waals surface area contributed by atoms with Crippen LogP contribution in [0.15, 0.2) is 126 Å². The van der Waals surface area contributed by atoms with E-state index in [9.17, 15) is 0 Å². The molecule has 4 aromatic carbocycles. The van der Waals surface area contributed by atoms with Gasteiger partial charge in [-0.05, 0) is 47.5 Å². The standard InChI is InChI=1S/C30H23O2/c1-31-26-19-17-25(18-20-26)30-29(24-15-9-4-10-16-24)27(22-11-5-2-6-12-22)21-28(32-30)23-13-7-3-8-14-23/h2-21H,1H3/q+1. The summed E-state index contributed by atoms with van der Waals surface area (Å²) in [6.07, 6.45) is 0. The largest absolute Gasteiger partial charge is 0.497 e. The lowest BCUT2D eigenvalue weighted by Gasteiger charge is -2.11. The number of ether oxygens (including phenoxy) is 1. The number of hydrogen-bond donors (Lipinski definition) is 0. The van der Waals surface area contributed by atoms with Crippen LogP contribution in [0.4, 0.5) is 0 Å². The highest BCUT2D eigenvalue weighted by Crippen LogP contribution is 2.43. The van der Waals surface area contributed by atoms with Crippen LogP contribution in [0.3, 0.4) is 0 Å². The first kappa shape index (κ1) is 19.8. The molecule has 2 nitrogen and oxygen atoms in total. The number of benzene rings is 4. The predicted octanol–water partition coefficient (Wildman–Crippen LogP) is 8.24. The van der Waals surface area contributed by atoms with Gasteiger partial charge in [-0.1, -0.05) is 78.9 Å². The van der Waals surface area contributed by atoms with Gasteiger partial charge < -0.3 is 4.74 Å². The molecular formula is C30H23O2+. The van der Waals surface area contributed by atoms with E-state index in [4.69, 9.17) is 9.15 Å². The SMILES string of the molecule is COc1ccc(-c2[o+]c(-c3ccccc3)cc(-c3ccccc3)c2-c2ccccc2)cc1. The molecule has 0 saturated carbocycles. The van der Waals surface area contributed by atoms with Crippen molar-refractivity contribution in [2.45, 2.75) is 0 Å². The first-order valence-corrected chi connectivity index (χ1v) is 10.7. The van der Waals surface area contributed by atoms with Crippen molar-refractivity contribution in [2.75, 3.05) is 7.11 Å². The molecule has 0 spiro atoms. The van der Waals surface area contributed by atoms with Crippen molar-refractivity contribution in [3.63, 3.8) is 0 Å². The monoisotopic (exact) mass is 415 g/mol. The van der Waals surface area contributed by atoms with E-state index < -0.39 is 0 Å². The summed E-state index contributed by atoms with van der Waals surface area (Å²) >= 11 is 0. The maximum atomic E-state index is 6.63. The molecule has 0 fully saturated rings. The fourth-order valence-electron chi connectivity index (χ4n) is 3.94. The lowest BCUT2D eigenvalue weighted by atomic mass is 9.91. The Morgan fingerprint density at radius 3 is 1.62 bits per heavy atom. The Bertz CT molecular complexity index is 1310. The second-order valence-electron chi connectivity index (χ2n) is 7.56. The normalized spacial score (nSPS) is 10.7. The third-order valence-corrected chi connectivity index (χ3v) is 5.54. The van der Waals surface area contributed by atoms with Crippen LogP contribution in [0.1, 0.15) is 0 Å². The second kappa shape index (κ2) is 8.91. The van der Waals surface area contributed by atoms with Crippen LogP contribution < -0.4 is 4.74 Å².